The normalized spacial score (nSPS) is 17.7. The molecule has 9 heteroatoms. The molecule has 0 radical (unpaired) electrons. The van der Waals surface area contributed by atoms with Crippen LogP contribution in [0.5, 0.6) is 0 Å². The van der Waals surface area contributed by atoms with Crippen LogP contribution in [0.4, 0.5) is 0 Å². The highest BCUT2D eigenvalue weighted by atomic mass is 16.7. The van der Waals surface area contributed by atoms with Crippen molar-refractivity contribution in [2.45, 2.75) is 480 Å². The lowest BCUT2D eigenvalue weighted by atomic mass is 9.99. The van der Waals surface area contributed by atoms with Crippen molar-refractivity contribution in [3.8, 4) is 0 Å². The molecule has 1 fully saturated rings. The molecule has 1 rings (SSSR count). The maximum Gasteiger partial charge on any atom is 0.220 e. The van der Waals surface area contributed by atoms with Crippen molar-refractivity contribution in [1.29, 1.82) is 0 Å². The van der Waals surface area contributed by atoms with Crippen LogP contribution in [0.15, 0.2) is 36.5 Å². The molecule has 0 aromatic carbocycles. The molecule has 7 unspecified atom stereocenters. The summed E-state index contributed by atoms with van der Waals surface area (Å²) in [4.78, 5) is 13.2. The fourth-order valence-electron chi connectivity index (χ4n) is 13.7. The third-order valence-corrected chi connectivity index (χ3v) is 20.2. The van der Waals surface area contributed by atoms with Gasteiger partial charge in [0.05, 0.1) is 25.4 Å². The number of nitrogens with one attached hydrogen (secondary N) is 1. The van der Waals surface area contributed by atoms with Gasteiger partial charge in [-0.15, -0.1) is 0 Å². The zero-order valence-electron chi connectivity index (χ0n) is 62.0. The second-order valence-corrected chi connectivity index (χ2v) is 29.3. The summed E-state index contributed by atoms with van der Waals surface area (Å²) in [7, 11) is 0. The molecule has 550 valence electrons. The van der Waals surface area contributed by atoms with E-state index >= 15 is 0 Å². The third-order valence-electron chi connectivity index (χ3n) is 20.2. The Morgan fingerprint density at radius 1 is 0.355 bits per heavy atom. The van der Waals surface area contributed by atoms with Gasteiger partial charge in [-0.25, -0.2) is 0 Å². The molecule has 6 N–H and O–H groups in total. The van der Waals surface area contributed by atoms with Crippen LogP contribution in [0.2, 0.25) is 0 Å². The molecule has 0 aromatic heterocycles. The lowest BCUT2D eigenvalue weighted by Crippen LogP contribution is -2.60. The minimum Gasteiger partial charge on any atom is -0.394 e. The van der Waals surface area contributed by atoms with Crippen molar-refractivity contribution in [3.63, 3.8) is 0 Å². The highest BCUT2D eigenvalue weighted by molar-refractivity contribution is 5.76. The Labute approximate surface area is 578 Å². The van der Waals surface area contributed by atoms with Crippen LogP contribution in [-0.4, -0.2) is 87.5 Å². The third kappa shape index (κ3) is 61.3. The molecule has 0 spiro atoms. The Kier molecular flexibility index (Phi) is 70.3. The number of hydrogen-bond acceptors (Lipinski definition) is 8. The monoisotopic (exact) mass is 1310 g/mol. The smallest absolute Gasteiger partial charge is 0.220 e. The van der Waals surface area contributed by atoms with Crippen molar-refractivity contribution in [1.82, 2.24) is 5.32 Å². The van der Waals surface area contributed by atoms with E-state index < -0.39 is 49.5 Å². The number of ether oxygens (including phenoxy) is 2. The number of aliphatic hydroxyl groups is 5. The van der Waals surface area contributed by atoms with Crippen LogP contribution in [0.3, 0.4) is 0 Å². The number of unbranched alkanes of at least 4 members (excludes halogenated alkanes) is 61. The number of allylic oxidation sites excluding steroid dienone is 5. The van der Waals surface area contributed by atoms with Crippen molar-refractivity contribution in [3.05, 3.63) is 36.5 Å². The molecule has 7 atom stereocenters. The van der Waals surface area contributed by atoms with Crippen molar-refractivity contribution >= 4 is 5.91 Å². The predicted octanol–water partition coefficient (Wildman–Crippen LogP) is 24.1. The van der Waals surface area contributed by atoms with Gasteiger partial charge >= 0.3 is 0 Å². The molecule has 0 bridgehead atoms. The van der Waals surface area contributed by atoms with E-state index in [0.29, 0.717) is 6.42 Å². The fourth-order valence-corrected chi connectivity index (χ4v) is 13.7. The molecule has 1 amide bonds. The van der Waals surface area contributed by atoms with Gasteiger partial charge in [0.2, 0.25) is 5.91 Å². The molecular formula is C84H161NO8. The van der Waals surface area contributed by atoms with E-state index in [1.807, 2.05) is 6.08 Å². The standard InChI is InChI=1S/C84H161NO8/c1-3-5-7-9-11-13-15-17-19-21-23-25-27-29-31-33-34-35-36-37-38-39-40-41-42-43-44-46-48-50-52-54-56-58-60-62-64-66-68-70-72-74-80(88)85-77(76-92-84-83(91)82(90)81(89)79(75-86)93-84)78(87)73-71-69-67-65-63-61-59-57-55-53-51-49-47-45-32-30-28-26-24-22-20-18-16-14-12-10-8-6-4-2/h21,23,63,65,71,73,77-79,81-84,86-87,89-91H,3-20,22,24-62,64,66-70,72,74-76H2,1-2H3,(H,85,88)/b23-21-,65-63+,73-71+. The van der Waals surface area contributed by atoms with Crippen LogP contribution in [0.25, 0.3) is 0 Å². The quantitative estimate of drug-likeness (QED) is 0.0261. The second kappa shape index (κ2) is 73.1. The summed E-state index contributed by atoms with van der Waals surface area (Å²) in [5.74, 6) is -0.177. The van der Waals surface area contributed by atoms with Crippen LogP contribution < -0.4 is 5.32 Å². The Balaban J connectivity index is 2.04. The average Bonchev–Trinajstić information content (AvgIpc) is 1.00. The van der Waals surface area contributed by atoms with E-state index in [9.17, 15) is 30.3 Å². The first-order valence-electron chi connectivity index (χ1n) is 41.7. The summed E-state index contributed by atoms with van der Waals surface area (Å²) in [6.45, 7) is 3.83. The molecule has 93 heavy (non-hydrogen) atoms. The molecule has 1 aliphatic heterocycles. The number of rotatable bonds is 75. The van der Waals surface area contributed by atoms with Crippen molar-refractivity contribution in [2.75, 3.05) is 13.2 Å². The Morgan fingerprint density at radius 3 is 0.903 bits per heavy atom. The lowest BCUT2D eigenvalue weighted by molar-refractivity contribution is -0.302. The van der Waals surface area contributed by atoms with Crippen molar-refractivity contribution in [2.24, 2.45) is 0 Å². The van der Waals surface area contributed by atoms with Crippen LogP contribution >= 0.6 is 0 Å². The van der Waals surface area contributed by atoms with Gasteiger partial charge < -0.3 is 40.3 Å². The van der Waals surface area contributed by atoms with Gasteiger partial charge in [0.1, 0.15) is 24.4 Å². The first kappa shape index (κ1) is 89.4. The highest BCUT2D eigenvalue weighted by Gasteiger charge is 2.44. The van der Waals surface area contributed by atoms with E-state index in [1.165, 1.54) is 379 Å². The summed E-state index contributed by atoms with van der Waals surface area (Å²) in [6.07, 6.45) is 93.3. The van der Waals surface area contributed by atoms with Gasteiger partial charge in [0.15, 0.2) is 6.29 Å². The minimum absolute atomic E-state index is 0.177. The maximum absolute atomic E-state index is 13.2. The Morgan fingerprint density at radius 2 is 0.613 bits per heavy atom. The second-order valence-electron chi connectivity index (χ2n) is 29.3. The minimum atomic E-state index is -1.57. The topological polar surface area (TPSA) is 149 Å². The van der Waals surface area contributed by atoms with Crippen LogP contribution in [0.1, 0.15) is 438 Å². The summed E-state index contributed by atoms with van der Waals surface area (Å²) >= 11 is 0. The van der Waals surface area contributed by atoms with E-state index in [2.05, 4.69) is 43.5 Å². The molecule has 1 aliphatic rings. The van der Waals surface area contributed by atoms with Gasteiger partial charge in [-0.3, -0.25) is 4.79 Å². The van der Waals surface area contributed by atoms with Gasteiger partial charge in [0.25, 0.3) is 0 Å². The number of hydrogen-bond donors (Lipinski definition) is 6. The maximum atomic E-state index is 13.2. The number of aliphatic hydroxyl groups excluding tert-OH is 5. The van der Waals surface area contributed by atoms with E-state index in [1.54, 1.807) is 6.08 Å². The van der Waals surface area contributed by atoms with Gasteiger partial charge in [-0.2, -0.15) is 0 Å². The molecule has 1 saturated heterocycles. The first-order valence-corrected chi connectivity index (χ1v) is 41.7. The SMILES string of the molecule is CCCCCCCCCC/C=C\CCCCCCCCCCCCCCCCCCCCCCCCCCCCCCCC(=O)NC(COC1OC(CO)C(O)C(O)C1O)C(O)/C=C/CC/C=C/CCCCCCCCCCCCCCCCCCCCCCCCC. The van der Waals surface area contributed by atoms with Crippen LogP contribution in [0, 0.1) is 0 Å². The van der Waals surface area contributed by atoms with Crippen molar-refractivity contribution < 1.29 is 39.8 Å². The number of carbonyl (C=O) groups is 1. The van der Waals surface area contributed by atoms with E-state index in [0.717, 1.165) is 38.5 Å². The number of carbonyl (C=O) groups excluding carboxylic acids is 1. The summed E-state index contributed by atoms with van der Waals surface area (Å²) in [5.41, 5.74) is 0. The highest BCUT2D eigenvalue weighted by Crippen LogP contribution is 2.24. The largest absolute Gasteiger partial charge is 0.394 e. The van der Waals surface area contributed by atoms with Gasteiger partial charge in [-0.1, -0.05) is 410 Å². The molecular weight excluding hydrogens is 1150 g/mol. The average molecular weight is 1310 g/mol. The Hall–Kier alpha value is -1.59. The van der Waals surface area contributed by atoms with Gasteiger partial charge in [0, 0.05) is 6.42 Å². The molecule has 0 aromatic rings. The van der Waals surface area contributed by atoms with E-state index in [-0.39, 0.29) is 12.5 Å². The first-order chi connectivity index (χ1) is 45.8. The fraction of sp³-hybridized carbons (Fsp3) is 0.917. The predicted molar refractivity (Wildman–Crippen MR) is 401 cm³/mol. The number of amides is 1. The molecule has 1 heterocycles. The zero-order valence-corrected chi connectivity index (χ0v) is 62.0. The summed E-state index contributed by atoms with van der Waals surface area (Å²) in [6, 6.07) is -0.822. The lowest BCUT2D eigenvalue weighted by Gasteiger charge is -2.40. The molecule has 0 aliphatic carbocycles. The summed E-state index contributed by atoms with van der Waals surface area (Å²) in [5, 5.41) is 54.9. The van der Waals surface area contributed by atoms with Crippen LogP contribution in [-0.2, 0) is 14.3 Å². The molecule has 9 nitrogen and oxygen atoms in total. The Bertz CT molecular complexity index is 1570. The van der Waals surface area contributed by atoms with E-state index in [4.69, 9.17) is 9.47 Å². The van der Waals surface area contributed by atoms with Gasteiger partial charge in [-0.05, 0) is 57.8 Å². The summed E-state index contributed by atoms with van der Waals surface area (Å²) < 4.78 is 11.3. The molecule has 0 saturated carbocycles. The zero-order chi connectivity index (χ0) is 67.1.